The third kappa shape index (κ3) is 3.35. The highest BCUT2D eigenvalue weighted by atomic mass is 35.5. The molecule has 2 rings (SSSR count). The highest BCUT2D eigenvalue weighted by Crippen LogP contribution is 2.15. The molecule has 92 valence electrons. The first-order chi connectivity index (χ1) is 8.15. The number of rotatable bonds is 1. The van der Waals surface area contributed by atoms with Gasteiger partial charge in [-0.1, -0.05) is 11.6 Å². The van der Waals surface area contributed by atoms with E-state index in [-0.39, 0.29) is 12.1 Å². The molecule has 1 aromatic carbocycles. The number of nitrogens with two attached hydrogens (primary N) is 1. The number of piperidine rings is 1. The summed E-state index contributed by atoms with van der Waals surface area (Å²) in [6, 6.07) is 7.06. The summed E-state index contributed by atoms with van der Waals surface area (Å²) in [4.78, 5) is 13.7. The fraction of sp³-hybridized carbons (Fsp3) is 0.417. The average molecular weight is 254 g/mol. The van der Waals surface area contributed by atoms with Crippen molar-refractivity contribution in [3.05, 3.63) is 29.3 Å². The lowest BCUT2D eigenvalue weighted by Gasteiger charge is -2.30. The molecule has 3 N–H and O–H groups in total. The van der Waals surface area contributed by atoms with E-state index in [0.29, 0.717) is 11.6 Å². The summed E-state index contributed by atoms with van der Waals surface area (Å²) in [5.74, 6) is 0. The number of amides is 2. The second-order valence-electron chi connectivity index (χ2n) is 4.29. The van der Waals surface area contributed by atoms with Crippen LogP contribution >= 0.6 is 11.6 Å². The van der Waals surface area contributed by atoms with Gasteiger partial charge in [0.1, 0.15) is 0 Å². The normalized spacial score (nSPS) is 20.1. The number of halogens is 1. The Kier molecular flexibility index (Phi) is 3.86. The highest BCUT2D eigenvalue weighted by molar-refractivity contribution is 6.30. The molecule has 1 saturated heterocycles. The van der Waals surface area contributed by atoms with E-state index < -0.39 is 0 Å². The molecule has 1 atom stereocenters. The smallest absolute Gasteiger partial charge is 0.321 e. The lowest BCUT2D eigenvalue weighted by Crippen LogP contribution is -2.47. The second-order valence-corrected chi connectivity index (χ2v) is 4.72. The molecule has 0 aliphatic carbocycles. The van der Waals surface area contributed by atoms with E-state index >= 15 is 0 Å². The van der Waals surface area contributed by atoms with Crippen LogP contribution in [-0.2, 0) is 0 Å². The van der Waals surface area contributed by atoms with Crippen molar-refractivity contribution in [1.82, 2.24) is 4.90 Å². The number of hydrogen-bond acceptors (Lipinski definition) is 2. The van der Waals surface area contributed by atoms with Gasteiger partial charge in [0.2, 0.25) is 0 Å². The summed E-state index contributed by atoms with van der Waals surface area (Å²) in [6.07, 6.45) is 1.96. The van der Waals surface area contributed by atoms with Gasteiger partial charge in [-0.3, -0.25) is 0 Å². The molecule has 4 nitrogen and oxygen atoms in total. The van der Waals surface area contributed by atoms with E-state index in [4.69, 9.17) is 17.3 Å². The molecule has 1 aromatic rings. The maximum absolute atomic E-state index is 11.9. The van der Waals surface area contributed by atoms with Crippen LogP contribution < -0.4 is 11.1 Å². The van der Waals surface area contributed by atoms with Crippen LogP contribution in [0.15, 0.2) is 24.3 Å². The van der Waals surface area contributed by atoms with Crippen LogP contribution in [0.2, 0.25) is 5.02 Å². The molecule has 1 unspecified atom stereocenters. The molecule has 1 aliphatic heterocycles. The summed E-state index contributed by atoms with van der Waals surface area (Å²) in [5.41, 5.74) is 6.59. The number of likely N-dealkylation sites (tertiary alicyclic amines) is 1. The number of hydrogen-bond donors (Lipinski definition) is 2. The van der Waals surface area contributed by atoms with Gasteiger partial charge >= 0.3 is 6.03 Å². The molecule has 0 aromatic heterocycles. The summed E-state index contributed by atoms with van der Waals surface area (Å²) < 4.78 is 0. The number of benzene rings is 1. The zero-order chi connectivity index (χ0) is 12.3. The van der Waals surface area contributed by atoms with Gasteiger partial charge in [-0.25, -0.2) is 4.79 Å². The van der Waals surface area contributed by atoms with Crippen molar-refractivity contribution >= 4 is 23.3 Å². The van der Waals surface area contributed by atoms with E-state index in [1.54, 1.807) is 29.2 Å². The molecule has 5 heteroatoms. The molecule has 1 aliphatic rings. The number of carbonyl (C=O) groups excluding carboxylic acids is 1. The monoisotopic (exact) mass is 253 g/mol. The molecule has 1 fully saturated rings. The number of carbonyl (C=O) groups is 1. The van der Waals surface area contributed by atoms with Gasteiger partial charge in [0.25, 0.3) is 0 Å². The van der Waals surface area contributed by atoms with E-state index in [1.165, 1.54) is 0 Å². The summed E-state index contributed by atoms with van der Waals surface area (Å²) in [6.45, 7) is 1.40. The van der Waals surface area contributed by atoms with Crippen LogP contribution in [0.25, 0.3) is 0 Å². The Hall–Kier alpha value is -1.26. The molecule has 2 amide bonds. The molecule has 0 saturated carbocycles. The Bertz CT molecular complexity index is 393. The summed E-state index contributed by atoms with van der Waals surface area (Å²) >= 11 is 5.78. The Balaban J connectivity index is 1.94. The van der Waals surface area contributed by atoms with Crippen molar-refractivity contribution < 1.29 is 4.79 Å². The van der Waals surface area contributed by atoms with Gasteiger partial charge < -0.3 is 16.0 Å². The standard InChI is InChI=1S/C12H16ClN3O/c13-9-3-5-11(6-4-9)15-12(17)16-7-1-2-10(14)8-16/h3-6,10H,1-2,7-8,14H2,(H,15,17). The van der Waals surface area contributed by atoms with Crippen molar-refractivity contribution in [2.45, 2.75) is 18.9 Å². The van der Waals surface area contributed by atoms with Crippen LogP contribution in [0.3, 0.4) is 0 Å². The Morgan fingerprint density at radius 2 is 2.12 bits per heavy atom. The fourth-order valence-corrected chi connectivity index (χ4v) is 2.06. The first kappa shape index (κ1) is 12.2. The van der Waals surface area contributed by atoms with Gasteiger partial charge in [0, 0.05) is 29.8 Å². The van der Waals surface area contributed by atoms with Crippen molar-refractivity contribution in [2.24, 2.45) is 5.73 Å². The third-order valence-electron chi connectivity index (χ3n) is 2.84. The lowest BCUT2D eigenvalue weighted by atomic mass is 10.1. The fourth-order valence-electron chi connectivity index (χ4n) is 1.93. The summed E-state index contributed by atoms with van der Waals surface area (Å²) in [7, 11) is 0. The maximum Gasteiger partial charge on any atom is 0.321 e. The van der Waals surface area contributed by atoms with Crippen molar-refractivity contribution in [3.63, 3.8) is 0 Å². The molecule has 0 bridgehead atoms. The SMILES string of the molecule is NC1CCCN(C(=O)Nc2ccc(Cl)cc2)C1. The largest absolute Gasteiger partial charge is 0.326 e. The number of anilines is 1. The highest BCUT2D eigenvalue weighted by Gasteiger charge is 2.20. The van der Waals surface area contributed by atoms with Gasteiger partial charge in [0.15, 0.2) is 0 Å². The van der Waals surface area contributed by atoms with Crippen LogP contribution in [0.5, 0.6) is 0 Å². The van der Waals surface area contributed by atoms with E-state index in [9.17, 15) is 4.79 Å². The van der Waals surface area contributed by atoms with Crippen molar-refractivity contribution in [2.75, 3.05) is 18.4 Å². The maximum atomic E-state index is 11.9. The van der Waals surface area contributed by atoms with Gasteiger partial charge in [-0.15, -0.1) is 0 Å². The molecule has 0 spiro atoms. The first-order valence-corrected chi connectivity index (χ1v) is 6.10. The quantitative estimate of drug-likeness (QED) is 0.807. The number of urea groups is 1. The topological polar surface area (TPSA) is 58.4 Å². The Morgan fingerprint density at radius 1 is 1.41 bits per heavy atom. The molecule has 1 heterocycles. The van der Waals surface area contributed by atoms with Crippen molar-refractivity contribution in [1.29, 1.82) is 0 Å². The van der Waals surface area contributed by atoms with Gasteiger partial charge in [-0.05, 0) is 37.1 Å². The minimum absolute atomic E-state index is 0.0949. The zero-order valence-electron chi connectivity index (χ0n) is 9.53. The Labute approximate surface area is 106 Å². The predicted molar refractivity (Wildman–Crippen MR) is 69.3 cm³/mol. The molecular formula is C12H16ClN3O. The molecule has 0 radical (unpaired) electrons. The zero-order valence-corrected chi connectivity index (χ0v) is 10.3. The van der Waals surface area contributed by atoms with Gasteiger partial charge in [0.05, 0.1) is 0 Å². The molecule has 17 heavy (non-hydrogen) atoms. The minimum atomic E-state index is -0.0949. The summed E-state index contributed by atoms with van der Waals surface area (Å²) in [5, 5.41) is 3.49. The van der Waals surface area contributed by atoms with Crippen LogP contribution in [0.4, 0.5) is 10.5 Å². The number of nitrogens with zero attached hydrogens (tertiary/aromatic N) is 1. The van der Waals surface area contributed by atoms with E-state index in [0.717, 1.165) is 25.1 Å². The predicted octanol–water partition coefficient (Wildman–Crippen LogP) is 2.29. The van der Waals surface area contributed by atoms with Crippen molar-refractivity contribution in [3.8, 4) is 0 Å². The van der Waals surface area contributed by atoms with Crippen LogP contribution in [0.1, 0.15) is 12.8 Å². The molecular weight excluding hydrogens is 238 g/mol. The second kappa shape index (κ2) is 5.38. The average Bonchev–Trinajstić information content (AvgIpc) is 2.32. The number of nitrogens with one attached hydrogen (secondary N) is 1. The van der Waals surface area contributed by atoms with Crippen LogP contribution in [-0.4, -0.2) is 30.1 Å². The van der Waals surface area contributed by atoms with Gasteiger partial charge in [-0.2, -0.15) is 0 Å². The lowest BCUT2D eigenvalue weighted by molar-refractivity contribution is 0.193. The minimum Gasteiger partial charge on any atom is -0.326 e. The van der Waals surface area contributed by atoms with Crippen LogP contribution in [0, 0.1) is 0 Å². The van der Waals surface area contributed by atoms with E-state index in [1.807, 2.05) is 0 Å². The third-order valence-corrected chi connectivity index (χ3v) is 3.09. The van der Waals surface area contributed by atoms with E-state index in [2.05, 4.69) is 5.32 Å². The first-order valence-electron chi connectivity index (χ1n) is 5.72. The Morgan fingerprint density at radius 3 is 2.76 bits per heavy atom.